The third kappa shape index (κ3) is 3.30. The number of rotatable bonds is 4. The molecule has 2 heterocycles. The predicted octanol–water partition coefficient (Wildman–Crippen LogP) is 3.19. The molecule has 0 radical (unpaired) electrons. The molecule has 1 aromatic heterocycles. The second-order valence-corrected chi connectivity index (χ2v) is 6.78. The Morgan fingerprint density at radius 2 is 1.95 bits per heavy atom. The second kappa shape index (κ2) is 6.62. The Morgan fingerprint density at radius 1 is 1.14 bits per heavy atom. The molecule has 0 bridgehead atoms. The Balaban J connectivity index is 1.85. The third-order valence-electron chi connectivity index (χ3n) is 3.91. The number of nitrogens with two attached hydrogens (primary N) is 1. The van der Waals surface area contributed by atoms with E-state index in [2.05, 4.69) is 46.0 Å². The van der Waals surface area contributed by atoms with E-state index in [4.69, 9.17) is 5.73 Å². The molecule has 0 saturated heterocycles. The highest BCUT2D eigenvalue weighted by atomic mass is 32.2. The first-order valence-corrected chi connectivity index (χ1v) is 8.53. The van der Waals surface area contributed by atoms with Crippen molar-refractivity contribution in [3.63, 3.8) is 0 Å². The maximum absolute atomic E-state index is 6.21. The SMILES string of the molecule is CC(N)C(Sc1nnc2n1CCCCC2)c1ccccc1. The molecule has 2 atom stereocenters. The van der Waals surface area contributed by atoms with Crippen molar-refractivity contribution >= 4 is 11.8 Å². The van der Waals surface area contributed by atoms with Gasteiger partial charge in [-0.05, 0) is 25.3 Å². The molecule has 1 aliphatic rings. The number of benzene rings is 1. The fraction of sp³-hybridized carbons (Fsp3) is 0.500. The lowest BCUT2D eigenvalue weighted by molar-refractivity contribution is 0.588. The largest absolute Gasteiger partial charge is 0.327 e. The van der Waals surface area contributed by atoms with E-state index in [9.17, 15) is 0 Å². The maximum atomic E-state index is 6.21. The summed E-state index contributed by atoms with van der Waals surface area (Å²) in [5, 5.41) is 10.0. The molecule has 2 unspecified atom stereocenters. The van der Waals surface area contributed by atoms with Gasteiger partial charge in [0, 0.05) is 19.0 Å². The van der Waals surface area contributed by atoms with Crippen LogP contribution in [0.2, 0.25) is 0 Å². The van der Waals surface area contributed by atoms with Crippen LogP contribution in [0.3, 0.4) is 0 Å². The van der Waals surface area contributed by atoms with Crippen LogP contribution in [0, 0.1) is 0 Å². The minimum absolute atomic E-state index is 0.0659. The van der Waals surface area contributed by atoms with Gasteiger partial charge in [0.1, 0.15) is 5.82 Å². The fourth-order valence-corrected chi connectivity index (χ4v) is 3.93. The topological polar surface area (TPSA) is 56.7 Å². The summed E-state index contributed by atoms with van der Waals surface area (Å²) in [6.45, 7) is 3.09. The van der Waals surface area contributed by atoms with Crippen molar-refractivity contribution in [2.75, 3.05) is 0 Å². The van der Waals surface area contributed by atoms with Crippen molar-refractivity contribution in [3.05, 3.63) is 41.7 Å². The van der Waals surface area contributed by atoms with Gasteiger partial charge in [0.2, 0.25) is 0 Å². The van der Waals surface area contributed by atoms with Crippen LogP contribution in [-0.2, 0) is 13.0 Å². The highest BCUT2D eigenvalue weighted by molar-refractivity contribution is 7.99. The molecule has 2 N–H and O–H groups in total. The number of aromatic nitrogens is 3. The van der Waals surface area contributed by atoms with Crippen molar-refractivity contribution in [1.82, 2.24) is 14.8 Å². The standard InChI is InChI=1S/C16H22N4S/c1-12(17)15(13-8-4-2-5-9-13)21-16-19-18-14-10-6-3-7-11-20(14)16/h2,4-5,8-9,12,15H,3,6-7,10-11,17H2,1H3. The van der Waals surface area contributed by atoms with Gasteiger partial charge in [-0.25, -0.2) is 0 Å². The molecule has 1 aromatic carbocycles. The maximum Gasteiger partial charge on any atom is 0.191 e. The van der Waals surface area contributed by atoms with Crippen molar-refractivity contribution < 1.29 is 0 Å². The summed E-state index contributed by atoms with van der Waals surface area (Å²) < 4.78 is 2.29. The van der Waals surface area contributed by atoms with Crippen LogP contribution in [0.4, 0.5) is 0 Å². The van der Waals surface area contributed by atoms with E-state index in [-0.39, 0.29) is 11.3 Å². The van der Waals surface area contributed by atoms with E-state index in [1.54, 1.807) is 11.8 Å². The summed E-state index contributed by atoms with van der Waals surface area (Å²) >= 11 is 1.74. The molecule has 0 saturated carbocycles. The summed E-state index contributed by atoms with van der Waals surface area (Å²) in [4.78, 5) is 0. The van der Waals surface area contributed by atoms with E-state index in [0.29, 0.717) is 0 Å². The predicted molar refractivity (Wildman–Crippen MR) is 86.3 cm³/mol. The molecule has 0 amide bonds. The van der Waals surface area contributed by atoms with Gasteiger partial charge < -0.3 is 10.3 Å². The quantitative estimate of drug-likeness (QED) is 0.881. The van der Waals surface area contributed by atoms with Gasteiger partial charge in [-0.2, -0.15) is 0 Å². The van der Waals surface area contributed by atoms with E-state index in [1.165, 1.54) is 24.8 Å². The zero-order valence-corrected chi connectivity index (χ0v) is 13.2. The summed E-state index contributed by atoms with van der Waals surface area (Å²) in [5.74, 6) is 1.13. The normalized spacial score (nSPS) is 17.8. The monoisotopic (exact) mass is 302 g/mol. The first-order valence-electron chi connectivity index (χ1n) is 7.65. The molecular formula is C16H22N4S. The Morgan fingerprint density at radius 3 is 2.71 bits per heavy atom. The van der Waals surface area contributed by atoms with E-state index >= 15 is 0 Å². The first kappa shape index (κ1) is 14.6. The Hall–Kier alpha value is -1.33. The average molecular weight is 302 g/mol. The average Bonchev–Trinajstić information content (AvgIpc) is 2.72. The molecule has 4 nitrogen and oxygen atoms in total. The fourth-order valence-electron chi connectivity index (χ4n) is 2.78. The van der Waals surface area contributed by atoms with Gasteiger partial charge in [0.05, 0.1) is 5.25 Å². The molecule has 2 aromatic rings. The Labute approximate surface area is 130 Å². The number of hydrogen-bond donors (Lipinski definition) is 1. The molecular weight excluding hydrogens is 280 g/mol. The third-order valence-corrected chi connectivity index (χ3v) is 5.38. The first-order chi connectivity index (χ1) is 10.3. The lowest BCUT2D eigenvalue weighted by Crippen LogP contribution is -2.23. The summed E-state index contributed by atoms with van der Waals surface area (Å²) in [5.41, 5.74) is 7.47. The van der Waals surface area contributed by atoms with Gasteiger partial charge in [-0.15, -0.1) is 10.2 Å². The summed E-state index contributed by atoms with van der Waals surface area (Å²) in [7, 11) is 0. The van der Waals surface area contributed by atoms with E-state index < -0.39 is 0 Å². The highest BCUT2D eigenvalue weighted by Crippen LogP contribution is 2.37. The van der Waals surface area contributed by atoms with E-state index in [1.807, 2.05) is 6.07 Å². The highest BCUT2D eigenvalue weighted by Gasteiger charge is 2.22. The van der Waals surface area contributed by atoms with Crippen molar-refractivity contribution in [1.29, 1.82) is 0 Å². The van der Waals surface area contributed by atoms with Crippen LogP contribution in [0.5, 0.6) is 0 Å². The molecule has 1 aliphatic heterocycles. The van der Waals surface area contributed by atoms with Gasteiger partial charge in [0.15, 0.2) is 5.16 Å². The molecule has 21 heavy (non-hydrogen) atoms. The van der Waals surface area contributed by atoms with Crippen molar-refractivity contribution in [2.24, 2.45) is 5.73 Å². The smallest absolute Gasteiger partial charge is 0.191 e. The zero-order valence-electron chi connectivity index (χ0n) is 12.4. The van der Waals surface area contributed by atoms with Gasteiger partial charge in [0.25, 0.3) is 0 Å². The second-order valence-electron chi connectivity index (χ2n) is 5.67. The number of fused-ring (bicyclic) bond motifs is 1. The van der Waals surface area contributed by atoms with Crippen LogP contribution in [-0.4, -0.2) is 20.8 Å². The minimum Gasteiger partial charge on any atom is -0.327 e. The minimum atomic E-state index is 0.0659. The van der Waals surface area contributed by atoms with E-state index in [0.717, 1.165) is 23.9 Å². The lowest BCUT2D eigenvalue weighted by atomic mass is 10.1. The van der Waals surface area contributed by atoms with Crippen LogP contribution in [0.1, 0.15) is 42.8 Å². The number of aryl methyl sites for hydroxylation is 1. The van der Waals surface area contributed by atoms with Crippen LogP contribution in [0.25, 0.3) is 0 Å². The van der Waals surface area contributed by atoms with Crippen molar-refractivity contribution in [3.8, 4) is 0 Å². The van der Waals surface area contributed by atoms with Gasteiger partial charge in [-0.1, -0.05) is 48.5 Å². The van der Waals surface area contributed by atoms with Crippen LogP contribution in [0.15, 0.2) is 35.5 Å². The molecule has 0 aliphatic carbocycles. The van der Waals surface area contributed by atoms with Gasteiger partial charge >= 0.3 is 0 Å². The van der Waals surface area contributed by atoms with Crippen LogP contribution < -0.4 is 5.73 Å². The van der Waals surface area contributed by atoms with Crippen molar-refractivity contribution in [2.45, 2.75) is 55.6 Å². The Kier molecular flexibility index (Phi) is 4.60. The summed E-state index contributed by atoms with van der Waals surface area (Å²) in [6.07, 6.45) is 4.76. The Bertz CT molecular complexity index is 579. The lowest BCUT2D eigenvalue weighted by Gasteiger charge is -2.20. The van der Waals surface area contributed by atoms with Crippen LogP contribution >= 0.6 is 11.8 Å². The molecule has 3 rings (SSSR count). The zero-order chi connectivity index (χ0) is 14.7. The van der Waals surface area contributed by atoms with Gasteiger partial charge in [-0.3, -0.25) is 0 Å². The molecule has 0 spiro atoms. The summed E-state index contributed by atoms with van der Waals surface area (Å²) in [6, 6.07) is 10.5. The molecule has 5 heteroatoms. The number of hydrogen-bond acceptors (Lipinski definition) is 4. The number of thioether (sulfide) groups is 1. The molecule has 0 fully saturated rings. The molecule has 112 valence electrons. The number of nitrogens with zero attached hydrogens (tertiary/aromatic N) is 3.